The number of fused-ring (bicyclic) bond motifs is 1. The second kappa shape index (κ2) is 8.57. The van der Waals surface area contributed by atoms with E-state index in [4.69, 9.17) is 16.0 Å². The van der Waals surface area contributed by atoms with Gasteiger partial charge in [-0.25, -0.2) is 14.4 Å². The average molecular weight is 507 g/mol. The van der Waals surface area contributed by atoms with Crippen molar-refractivity contribution in [1.82, 2.24) is 19.4 Å². The predicted molar refractivity (Wildman–Crippen MR) is 133 cm³/mol. The van der Waals surface area contributed by atoms with Gasteiger partial charge in [-0.05, 0) is 67.5 Å². The monoisotopic (exact) mass is 506 g/mol. The predicted octanol–water partition coefficient (Wildman–Crippen LogP) is 5.24. The summed E-state index contributed by atoms with van der Waals surface area (Å²) in [4.78, 5) is 24.1. The van der Waals surface area contributed by atoms with Crippen molar-refractivity contribution in [1.29, 1.82) is 0 Å². The first-order chi connectivity index (χ1) is 17.4. The molecule has 2 aliphatic rings. The summed E-state index contributed by atoms with van der Waals surface area (Å²) in [6, 6.07) is 7.29. The highest BCUT2D eigenvalue weighted by Crippen LogP contribution is 2.55. The number of imidazole rings is 1. The molecule has 9 heteroatoms. The standard InChI is InChI=1S/C27H24ClFN4O3/c1-16-11-32(14-30-16)22-3-2-17(24-25(22)36-15-31-24)6-19-10-27(4-5-27)13-33(26(19)35)23(12-34)18-7-20(28)9-21(29)8-18/h2-3,6-9,11,14-15,23,34H,4-5,10,12-13H2,1H3. The third kappa shape index (κ3) is 4.00. The van der Waals surface area contributed by atoms with Gasteiger partial charge in [-0.1, -0.05) is 17.7 Å². The summed E-state index contributed by atoms with van der Waals surface area (Å²) in [5, 5.41) is 10.5. The number of aromatic nitrogens is 3. The summed E-state index contributed by atoms with van der Waals surface area (Å²) >= 11 is 6.08. The Morgan fingerprint density at radius 2 is 2.11 bits per heavy atom. The lowest BCUT2D eigenvalue weighted by molar-refractivity contribution is -0.134. The van der Waals surface area contributed by atoms with Gasteiger partial charge in [0.25, 0.3) is 0 Å². The molecule has 36 heavy (non-hydrogen) atoms. The van der Waals surface area contributed by atoms with E-state index in [-0.39, 0.29) is 23.0 Å². The van der Waals surface area contributed by atoms with Crippen molar-refractivity contribution in [2.24, 2.45) is 5.41 Å². The number of hydrogen-bond acceptors (Lipinski definition) is 5. The number of aliphatic hydroxyl groups excluding tert-OH is 1. The van der Waals surface area contributed by atoms with Crippen LogP contribution in [-0.2, 0) is 4.79 Å². The maximum Gasteiger partial charge on any atom is 0.250 e. The summed E-state index contributed by atoms with van der Waals surface area (Å²) in [5.41, 5.74) is 4.80. The molecule has 1 spiro atoms. The molecule has 1 saturated carbocycles. The fourth-order valence-electron chi connectivity index (χ4n) is 5.20. The van der Waals surface area contributed by atoms with Crippen LogP contribution >= 0.6 is 11.6 Å². The molecule has 1 atom stereocenters. The zero-order valence-corrected chi connectivity index (χ0v) is 20.4. The van der Waals surface area contributed by atoms with Crippen LogP contribution in [0.4, 0.5) is 4.39 Å². The fraction of sp³-hybridized carbons (Fsp3) is 0.296. The molecule has 1 aliphatic heterocycles. The van der Waals surface area contributed by atoms with Gasteiger partial charge in [-0.3, -0.25) is 4.79 Å². The first-order valence-electron chi connectivity index (χ1n) is 11.8. The molecule has 1 unspecified atom stereocenters. The zero-order chi connectivity index (χ0) is 25.0. The van der Waals surface area contributed by atoms with E-state index in [2.05, 4.69) is 9.97 Å². The van der Waals surface area contributed by atoms with Crippen molar-refractivity contribution >= 4 is 34.7 Å². The lowest BCUT2D eigenvalue weighted by atomic mass is 9.87. The number of piperidine rings is 1. The van der Waals surface area contributed by atoms with Crippen LogP contribution < -0.4 is 0 Å². The minimum atomic E-state index is -0.689. The number of halogens is 2. The van der Waals surface area contributed by atoms with Crippen molar-refractivity contribution in [3.8, 4) is 5.69 Å². The van der Waals surface area contributed by atoms with E-state index in [1.54, 1.807) is 17.3 Å². The molecule has 0 bridgehead atoms. The van der Waals surface area contributed by atoms with Crippen molar-refractivity contribution in [3.63, 3.8) is 0 Å². The quantitative estimate of drug-likeness (QED) is 0.374. The van der Waals surface area contributed by atoms with E-state index >= 15 is 0 Å². The normalized spacial score (nSPS) is 18.9. The van der Waals surface area contributed by atoms with Gasteiger partial charge in [-0.15, -0.1) is 0 Å². The second-order valence-electron chi connectivity index (χ2n) is 9.81. The molecule has 0 radical (unpaired) electrons. The summed E-state index contributed by atoms with van der Waals surface area (Å²) in [6.07, 6.45) is 9.53. The van der Waals surface area contributed by atoms with E-state index in [1.807, 2.05) is 35.9 Å². The molecule has 1 N–H and O–H groups in total. The summed E-state index contributed by atoms with van der Waals surface area (Å²) < 4.78 is 21.7. The molecule has 1 aliphatic carbocycles. The van der Waals surface area contributed by atoms with Crippen LogP contribution in [0.5, 0.6) is 0 Å². The van der Waals surface area contributed by atoms with Gasteiger partial charge < -0.3 is 19.0 Å². The number of aliphatic hydroxyl groups is 1. The van der Waals surface area contributed by atoms with Crippen LogP contribution in [0.2, 0.25) is 5.02 Å². The van der Waals surface area contributed by atoms with E-state index in [9.17, 15) is 14.3 Å². The lowest BCUT2D eigenvalue weighted by Gasteiger charge is -2.39. The van der Waals surface area contributed by atoms with Gasteiger partial charge in [0.15, 0.2) is 12.0 Å². The number of carbonyl (C=O) groups excluding carboxylic acids is 1. The highest BCUT2D eigenvalue weighted by molar-refractivity contribution is 6.30. The lowest BCUT2D eigenvalue weighted by Crippen LogP contribution is -2.45. The number of hydrogen-bond donors (Lipinski definition) is 1. The number of carbonyl (C=O) groups is 1. The second-order valence-corrected chi connectivity index (χ2v) is 10.2. The van der Waals surface area contributed by atoms with Gasteiger partial charge >= 0.3 is 0 Å². The number of likely N-dealkylation sites (tertiary alicyclic amines) is 1. The van der Waals surface area contributed by atoms with E-state index < -0.39 is 11.9 Å². The number of oxazole rings is 1. The highest BCUT2D eigenvalue weighted by Gasteiger charge is 2.51. The van der Waals surface area contributed by atoms with Gasteiger partial charge in [-0.2, -0.15) is 0 Å². The number of rotatable bonds is 5. The van der Waals surface area contributed by atoms with Crippen LogP contribution in [-0.4, -0.2) is 43.6 Å². The molecule has 3 heterocycles. The van der Waals surface area contributed by atoms with Crippen LogP contribution in [0, 0.1) is 18.2 Å². The average Bonchev–Trinajstić information content (AvgIpc) is 3.19. The maximum absolute atomic E-state index is 14.1. The molecular weight excluding hydrogens is 483 g/mol. The zero-order valence-electron chi connectivity index (χ0n) is 19.6. The third-order valence-electron chi connectivity index (χ3n) is 7.20. The highest BCUT2D eigenvalue weighted by atomic mass is 35.5. The molecule has 184 valence electrons. The van der Waals surface area contributed by atoms with Crippen LogP contribution in [0.3, 0.4) is 0 Å². The van der Waals surface area contributed by atoms with E-state index in [0.29, 0.717) is 35.2 Å². The summed E-state index contributed by atoms with van der Waals surface area (Å²) in [7, 11) is 0. The molecule has 1 amide bonds. The maximum atomic E-state index is 14.1. The number of nitrogens with zero attached hydrogens (tertiary/aromatic N) is 4. The summed E-state index contributed by atoms with van der Waals surface area (Å²) in [5.74, 6) is -0.683. The Morgan fingerprint density at radius 1 is 1.28 bits per heavy atom. The molecule has 7 nitrogen and oxygen atoms in total. The minimum Gasteiger partial charge on any atom is -0.441 e. The molecular formula is C27H24ClFN4O3. The van der Waals surface area contributed by atoms with Gasteiger partial charge in [0.2, 0.25) is 5.91 Å². The van der Waals surface area contributed by atoms with Crippen molar-refractivity contribution in [2.45, 2.75) is 32.2 Å². The molecule has 4 aromatic rings. The molecule has 2 fully saturated rings. The van der Waals surface area contributed by atoms with E-state index in [1.165, 1.54) is 18.5 Å². The van der Waals surface area contributed by atoms with Crippen LogP contribution in [0.25, 0.3) is 22.9 Å². The van der Waals surface area contributed by atoms with Crippen molar-refractivity contribution in [2.75, 3.05) is 13.2 Å². The first-order valence-corrected chi connectivity index (χ1v) is 12.2. The Morgan fingerprint density at radius 3 is 2.81 bits per heavy atom. The van der Waals surface area contributed by atoms with Gasteiger partial charge in [0, 0.05) is 28.9 Å². The molecule has 2 aromatic carbocycles. The Kier molecular flexibility index (Phi) is 5.46. The van der Waals surface area contributed by atoms with Crippen LogP contribution in [0.15, 0.2) is 59.2 Å². The number of amides is 1. The SMILES string of the molecule is Cc1cn(-c2ccc(C=C3CC4(CC4)CN(C(CO)c4cc(F)cc(Cl)c4)C3=O)c3ncoc23)cn1. The Bertz CT molecular complexity index is 1500. The largest absolute Gasteiger partial charge is 0.441 e. The van der Waals surface area contributed by atoms with Gasteiger partial charge in [0.05, 0.1) is 30.4 Å². The van der Waals surface area contributed by atoms with Gasteiger partial charge in [0.1, 0.15) is 11.3 Å². The fourth-order valence-corrected chi connectivity index (χ4v) is 5.43. The molecule has 2 aromatic heterocycles. The summed E-state index contributed by atoms with van der Waals surface area (Å²) in [6.45, 7) is 2.10. The number of aryl methyl sites for hydroxylation is 1. The van der Waals surface area contributed by atoms with Crippen molar-refractivity contribution < 1.29 is 18.7 Å². The molecule has 1 saturated heterocycles. The topological polar surface area (TPSA) is 84.4 Å². The Balaban J connectivity index is 1.40. The third-order valence-corrected chi connectivity index (χ3v) is 7.41. The molecule has 6 rings (SSSR count). The van der Waals surface area contributed by atoms with Crippen molar-refractivity contribution in [3.05, 3.63) is 82.5 Å². The Labute approximate surface area is 211 Å². The van der Waals surface area contributed by atoms with E-state index in [0.717, 1.165) is 29.8 Å². The number of benzene rings is 2. The minimum absolute atomic E-state index is 0.0263. The first kappa shape index (κ1) is 22.9. The smallest absolute Gasteiger partial charge is 0.250 e. The van der Waals surface area contributed by atoms with Crippen LogP contribution in [0.1, 0.15) is 42.1 Å². The Hall–Kier alpha value is -3.49.